The first-order valence-corrected chi connectivity index (χ1v) is 12.0. The van der Waals surface area contributed by atoms with Crippen molar-refractivity contribution >= 4 is 0 Å². The minimum Gasteiger partial charge on any atom is -0.388 e. The third kappa shape index (κ3) is 3.89. The first-order chi connectivity index (χ1) is 15.8. The molecule has 172 valence electrons. The fourth-order valence-electron chi connectivity index (χ4n) is 5.70. The van der Waals surface area contributed by atoms with Crippen LogP contribution in [0.4, 0.5) is 8.78 Å². The number of aliphatic hydroxyl groups is 1. The van der Waals surface area contributed by atoms with Gasteiger partial charge in [0, 0.05) is 16.8 Å². The lowest BCUT2D eigenvalue weighted by Crippen LogP contribution is -2.38. The van der Waals surface area contributed by atoms with Gasteiger partial charge in [0.05, 0.1) is 11.8 Å². The molecule has 0 unspecified atom stereocenters. The van der Waals surface area contributed by atoms with E-state index < -0.39 is 12.3 Å². The molecule has 0 radical (unpaired) electrons. The summed E-state index contributed by atoms with van der Waals surface area (Å²) in [4.78, 5) is 5.03. The number of rotatable bonds is 4. The van der Waals surface area contributed by atoms with Crippen molar-refractivity contribution in [2.75, 3.05) is 0 Å². The van der Waals surface area contributed by atoms with Crippen molar-refractivity contribution in [2.24, 2.45) is 5.41 Å². The molecule has 2 aromatic carbocycles. The normalized spacial score (nSPS) is 19.9. The molecule has 1 aromatic heterocycles. The second-order valence-corrected chi connectivity index (χ2v) is 10.3. The van der Waals surface area contributed by atoms with E-state index in [1.165, 1.54) is 18.6 Å². The van der Waals surface area contributed by atoms with Crippen molar-refractivity contribution in [1.82, 2.24) is 4.98 Å². The van der Waals surface area contributed by atoms with Gasteiger partial charge >= 0.3 is 0 Å². The van der Waals surface area contributed by atoms with Gasteiger partial charge in [-0.15, -0.1) is 0 Å². The summed E-state index contributed by atoms with van der Waals surface area (Å²) in [6.45, 7) is 6.05. The van der Waals surface area contributed by atoms with Crippen LogP contribution in [0, 0.1) is 18.2 Å². The molecule has 0 amide bonds. The minimum atomic E-state index is -1.40. The van der Waals surface area contributed by atoms with E-state index >= 15 is 4.39 Å². The average Bonchev–Trinajstić information content (AvgIpc) is 2.77. The number of fused-ring (bicyclic) bond motifs is 1. The molecule has 33 heavy (non-hydrogen) atoms. The van der Waals surface area contributed by atoms with Gasteiger partial charge in [-0.3, -0.25) is 4.98 Å². The van der Waals surface area contributed by atoms with Gasteiger partial charge in [-0.25, -0.2) is 8.78 Å². The highest BCUT2D eigenvalue weighted by molar-refractivity contribution is 5.75. The zero-order chi connectivity index (χ0) is 23.3. The molecule has 1 N–H and O–H groups in total. The summed E-state index contributed by atoms with van der Waals surface area (Å²) in [6, 6.07) is 13.7. The summed E-state index contributed by atoms with van der Waals surface area (Å²) in [6.07, 6.45) is 2.78. The molecule has 1 saturated carbocycles. The highest BCUT2D eigenvalue weighted by Crippen LogP contribution is 2.56. The predicted molar refractivity (Wildman–Crippen MR) is 127 cm³/mol. The highest BCUT2D eigenvalue weighted by atomic mass is 19.1. The zero-order valence-electron chi connectivity index (χ0n) is 19.5. The van der Waals surface area contributed by atoms with Gasteiger partial charge in [0.15, 0.2) is 6.17 Å². The summed E-state index contributed by atoms with van der Waals surface area (Å²) in [5.41, 5.74) is 6.01. The number of aliphatic hydroxyl groups excluding tert-OH is 1. The number of pyridine rings is 1. The van der Waals surface area contributed by atoms with Crippen LogP contribution in [-0.4, -0.2) is 10.1 Å². The van der Waals surface area contributed by atoms with Crippen LogP contribution in [0.15, 0.2) is 48.5 Å². The van der Waals surface area contributed by atoms with Crippen LogP contribution in [0.2, 0.25) is 0 Å². The Hall–Kier alpha value is -2.59. The molecule has 2 atom stereocenters. The summed E-state index contributed by atoms with van der Waals surface area (Å²) in [7, 11) is 0. The van der Waals surface area contributed by atoms with E-state index in [1.54, 1.807) is 12.1 Å². The van der Waals surface area contributed by atoms with Gasteiger partial charge in [-0.1, -0.05) is 62.2 Å². The molecule has 0 aliphatic heterocycles. The lowest BCUT2D eigenvalue weighted by atomic mass is 9.59. The van der Waals surface area contributed by atoms with Crippen LogP contribution in [0.3, 0.4) is 0 Å². The lowest BCUT2D eigenvalue weighted by molar-refractivity contribution is 0.0246. The lowest BCUT2D eigenvalue weighted by Gasteiger charge is -2.47. The molecule has 0 bridgehead atoms. The van der Waals surface area contributed by atoms with Crippen LogP contribution in [0.25, 0.3) is 11.1 Å². The predicted octanol–water partition coefficient (Wildman–Crippen LogP) is 7.53. The second-order valence-electron chi connectivity index (χ2n) is 10.3. The summed E-state index contributed by atoms with van der Waals surface area (Å²) < 4.78 is 30.2. The number of alkyl halides is 1. The monoisotopic (exact) mass is 447 g/mol. The van der Waals surface area contributed by atoms with Crippen molar-refractivity contribution in [3.63, 3.8) is 0 Å². The SMILES string of the molecule is Cc1ccc([C@H](F)c2c(C(C)C)nc3c(c2-c2ccc(F)cc2)[C@@H](O)CC2(CCC2)C3)cc1. The number of aromatic nitrogens is 1. The molecule has 4 heteroatoms. The number of benzene rings is 2. The Balaban J connectivity index is 1.79. The summed E-state index contributed by atoms with van der Waals surface area (Å²) in [5.74, 6) is -0.332. The summed E-state index contributed by atoms with van der Waals surface area (Å²) in [5, 5.41) is 11.4. The van der Waals surface area contributed by atoms with Gasteiger partial charge in [-0.2, -0.15) is 0 Å². The van der Waals surface area contributed by atoms with E-state index in [9.17, 15) is 9.50 Å². The number of aryl methyl sites for hydroxylation is 1. The fraction of sp³-hybridized carbons (Fsp3) is 0.414. The maximum atomic E-state index is 16.4. The zero-order valence-corrected chi connectivity index (χ0v) is 19.5. The smallest absolute Gasteiger partial charge is 0.153 e. The summed E-state index contributed by atoms with van der Waals surface area (Å²) >= 11 is 0. The van der Waals surface area contributed by atoms with E-state index in [2.05, 4.69) is 0 Å². The van der Waals surface area contributed by atoms with Crippen LogP contribution in [-0.2, 0) is 6.42 Å². The average molecular weight is 448 g/mol. The van der Waals surface area contributed by atoms with Gasteiger partial charge in [-0.05, 0) is 72.8 Å². The molecule has 0 saturated heterocycles. The molecule has 5 rings (SSSR count). The minimum absolute atomic E-state index is 0.00427. The Kier molecular flexibility index (Phi) is 5.60. The number of nitrogens with zero attached hydrogens (tertiary/aromatic N) is 1. The first-order valence-electron chi connectivity index (χ1n) is 12.0. The Morgan fingerprint density at radius 2 is 1.70 bits per heavy atom. The standard InChI is InChI=1S/C29H31F2NO/c1-17(2)28-26(27(31)20-7-5-18(3)6-8-20)24(19-9-11-21(30)12-10-19)25-22(32-28)15-29(13-4-14-29)16-23(25)33/h5-12,17,23,27,33H,4,13-16H2,1-3H3/t23-,27-/m0/s1. The maximum Gasteiger partial charge on any atom is 0.153 e. The largest absolute Gasteiger partial charge is 0.388 e. The third-order valence-corrected chi connectivity index (χ3v) is 7.60. The Labute approximate surface area is 194 Å². The van der Waals surface area contributed by atoms with Gasteiger partial charge in [0.25, 0.3) is 0 Å². The maximum absolute atomic E-state index is 16.4. The molecule has 2 aliphatic rings. The first kappa shape index (κ1) is 22.2. The van der Waals surface area contributed by atoms with Gasteiger partial charge in [0.2, 0.25) is 0 Å². The number of halogens is 2. The third-order valence-electron chi connectivity index (χ3n) is 7.60. The Morgan fingerprint density at radius 1 is 1.03 bits per heavy atom. The van der Waals surface area contributed by atoms with Crippen molar-refractivity contribution in [1.29, 1.82) is 0 Å². The van der Waals surface area contributed by atoms with Gasteiger partial charge in [0.1, 0.15) is 5.82 Å². The molecule has 2 aliphatic carbocycles. The van der Waals surface area contributed by atoms with Gasteiger partial charge < -0.3 is 5.11 Å². The van der Waals surface area contributed by atoms with Crippen LogP contribution < -0.4 is 0 Å². The van der Waals surface area contributed by atoms with Crippen molar-refractivity contribution in [3.05, 3.63) is 88.0 Å². The molecule has 1 heterocycles. The molecule has 1 fully saturated rings. The van der Waals surface area contributed by atoms with E-state index in [4.69, 9.17) is 4.98 Å². The fourth-order valence-corrected chi connectivity index (χ4v) is 5.70. The Bertz CT molecular complexity index is 1160. The quantitative estimate of drug-likeness (QED) is 0.448. The van der Waals surface area contributed by atoms with E-state index in [0.717, 1.165) is 47.3 Å². The molecule has 3 aromatic rings. The second kappa shape index (κ2) is 8.32. The molecule has 1 spiro atoms. The van der Waals surface area contributed by atoms with E-state index in [0.29, 0.717) is 23.1 Å². The van der Waals surface area contributed by atoms with Crippen LogP contribution >= 0.6 is 0 Å². The van der Waals surface area contributed by atoms with Crippen molar-refractivity contribution in [3.8, 4) is 11.1 Å². The van der Waals surface area contributed by atoms with E-state index in [-0.39, 0.29) is 17.2 Å². The number of hydrogen-bond donors (Lipinski definition) is 1. The molecular formula is C29H31F2NO. The molecular weight excluding hydrogens is 416 g/mol. The van der Waals surface area contributed by atoms with Crippen molar-refractivity contribution < 1.29 is 13.9 Å². The topological polar surface area (TPSA) is 33.1 Å². The molecule has 2 nitrogen and oxygen atoms in total. The van der Waals surface area contributed by atoms with Crippen LogP contribution in [0.1, 0.15) is 91.4 Å². The van der Waals surface area contributed by atoms with Crippen molar-refractivity contribution in [2.45, 2.75) is 71.1 Å². The number of hydrogen-bond acceptors (Lipinski definition) is 2. The van der Waals surface area contributed by atoms with E-state index in [1.807, 2.05) is 45.0 Å². The highest BCUT2D eigenvalue weighted by Gasteiger charge is 2.45. The Morgan fingerprint density at radius 3 is 2.27 bits per heavy atom. The van der Waals surface area contributed by atoms with Crippen LogP contribution in [0.5, 0.6) is 0 Å².